The van der Waals surface area contributed by atoms with Gasteiger partial charge in [-0.2, -0.15) is 13.2 Å². The maximum atomic E-state index is 12.1. The van der Waals surface area contributed by atoms with Crippen molar-refractivity contribution < 1.29 is 27.9 Å². The molecule has 0 bridgehead atoms. The van der Waals surface area contributed by atoms with E-state index in [1.165, 1.54) is 9.75 Å². The van der Waals surface area contributed by atoms with E-state index in [0.29, 0.717) is 31.0 Å². The number of hydrogen-bond acceptors (Lipinski definition) is 4. The summed E-state index contributed by atoms with van der Waals surface area (Å²) in [5.74, 6) is -2.45. The molecule has 27 heavy (non-hydrogen) atoms. The minimum absolute atomic E-state index is 0.306. The number of carboxylic acids is 1. The van der Waals surface area contributed by atoms with E-state index in [2.05, 4.69) is 30.5 Å². The van der Waals surface area contributed by atoms with Gasteiger partial charge in [-0.3, -0.25) is 9.69 Å². The molecule has 150 valence electrons. The molecule has 9 heteroatoms. The van der Waals surface area contributed by atoms with E-state index >= 15 is 0 Å². The van der Waals surface area contributed by atoms with Crippen molar-refractivity contribution in [3.05, 3.63) is 34.5 Å². The monoisotopic (exact) mass is 404 g/mol. The maximum absolute atomic E-state index is 12.1. The second-order valence-electron chi connectivity index (χ2n) is 6.58. The quantitative estimate of drug-likeness (QED) is 0.781. The SMILES string of the molecule is C=CCN1C(=O)CC[C@@H]2[C@H]1CCN2Cc1ccc(C)s1.O=C(O)C(F)(F)F. The fourth-order valence-corrected chi connectivity index (χ4v) is 4.50. The van der Waals surface area contributed by atoms with Crippen LogP contribution in [-0.2, 0) is 16.1 Å². The lowest BCUT2D eigenvalue weighted by Gasteiger charge is -2.39. The van der Waals surface area contributed by atoms with Gasteiger partial charge in [0.25, 0.3) is 0 Å². The third-order valence-electron chi connectivity index (χ3n) is 4.72. The highest BCUT2D eigenvalue weighted by molar-refractivity contribution is 7.11. The van der Waals surface area contributed by atoms with Gasteiger partial charge >= 0.3 is 12.1 Å². The van der Waals surface area contributed by atoms with Crippen LogP contribution in [-0.4, -0.2) is 58.1 Å². The second kappa shape index (κ2) is 8.88. The van der Waals surface area contributed by atoms with Gasteiger partial charge in [-0.15, -0.1) is 17.9 Å². The number of fused-ring (bicyclic) bond motifs is 1. The van der Waals surface area contributed by atoms with Gasteiger partial charge in [0.2, 0.25) is 5.91 Å². The summed E-state index contributed by atoms with van der Waals surface area (Å²) in [4.78, 5) is 28.4. The summed E-state index contributed by atoms with van der Waals surface area (Å²) in [7, 11) is 0. The van der Waals surface area contributed by atoms with E-state index in [-0.39, 0.29) is 0 Å². The zero-order chi connectivity index (χ0) is 20.2. The first-order valence-electron chi connectivity index (χ1n) is 8.63. The Balaban J connectivity index is 0.000000321. The summed E-state index contributed by atoms with van der Waals surface area (Å²) in [5, 5.41) is 7.12. The Morgan fingerprint density at radius 1 is 1.37 bits per heavy atom. The van der Waals surface area contributed by atoms with Crippen LogP contribution < -0.4 is 0 Å². The van der Waals surface area contributed by atoms with Crippen LogP contribution in [0.25, 0.3) is 0 Å². The van der Waals surface area contributed by atoms with Gasteiger partial charge in [0.1, 0.15) is 0 Å². The number of aryl methyl sites for hydroxylation is 1. The Morgan fingerprint density at radius 3 is 2.56 bits per heavy atom. The van der Waals surface area contributed by atoms with Crippen molar-refractivity contribution in [2.24, 2.45) is 0 Å². The lowest BCUT2D eigenvalue weighted by atomic mass is 9.96. The molecule has 1 N–H and O–H groups in total. The molecule has 3 heterocycles. The Bertz CT molecular complexity index is 690. The van der Waals surface area contributed by atoms with E-state index in [9.17, 15) is 18.0 Å². The minimum atomic E-state index is -5.08. The predicted molar refractivity (Wildman–Crippen MR) is 96.5 cm³/mol. The number of carboxylic acid groups (broad SMARTS) is 1. The molecule has 1 amide bonds. The number of rotatable bonds is 4. The Hall–Kier alpha value is -1.87. The topological polar surface area (TPSA) is 60.9 Å². The van der Waals surface area contributed by atoms with Gasteiger partial charge in [0.15, 0.2) is 0 Å². The minimum Gasteiger partial charge on any atom is -0.475 e. The van der Waals surface area contributed by atoms with Crippen molar-refractivity contribution in [2.75, 3.05) is 13.1 Å². The number of aliphatic carboxylic acids is 1. The molecule has 3 rings (SSSR count). The number of likely N-dealkylation sites (tertiary alicyclic amines) is 2. The molecule has 0 aromatic carbocycles. The number of nitrogens with zero attached hydrogens (tertiary/aromatic N) is 2. The molecule has 1 aromatic rings. The third kappa shape index (κ3) is 5.55. The average Bonchev–Trinajstić information content (AvgIpc) is 3.17. The summed E-state index contributed by atoms with van der Waals surface area (Å²) in [6.45, 7) is 8.79. The molecular weight excluding hydrogens is 381 g/mol. The van der Waals surface area contributed by atoms with Crippen LogP contribution in [0, 0.1) is 6.92 Å². The number of alkyl halides is 3. The van der Waals surface area contributed by atoms with Gasteiger partial charge in [-0.1, -0.05) is 6.08 Å². The van der Waals surface area contributed by atoms with Gasteiger partial charge in [0, 0.05) is 47.9 Å². The Kier molecular flexibility index (Phi) is 7.05. The molecule has 5 nitrogen and oxygen atoms in total. The molecule has 1 aromatic heterocycles. The predicted octanol–water partition coefficient (Wildman–Crippen LogP) is 3.44. The normalized spacial score (nSPS) is 22.8. The van der Waals surface area contributed by atoms with Crippen molar-refractivity contribution in [2.45, 2.75) is 51.0 Å². The fourth-order valence-electron chi connectivity index (χ4n) is 3.58. The van der Waals surface area contributed by atoms with Gasteiger partial charge < -0.3 is 10.0 Å². The van der Waals surface area contributed by atoms with E-state index in [1.807, 2.05) is 22.3 Å². The van der Waals surface area contributed by atoms with Gasteiger partial charge in [-0.25, -0.2) is 4.79 Å². The highest BCUT2D eigenvalue weighted by Crippen LogP contribution is 2.33. The van der Waals surface area contributed by atoms with Crippen molar-refractivity contribution in [3.8, 4) is 0 Å². The standard InChI is InChI=1S/C16H22N2OS.C2HF3O2/c1-3-9-18-15-8-10-17(14(15)6-7-16(18)19)11-13-5-4-12(2)20-13;3-2(4,5)1(6)7/h3-5,14-15H,1,6-11H2,2H3;(H,6,7)/t14-,15-;/m1./s1. The number of thiophene rings is 1. The molecule has 0 radical (unpaired) electrons. The molecule has 2 aliphatic heterocycles. The number of piperidine rings is 1. The van der Waals surface area contributed by atoms with Gasteiger partial charge in [0.05, 0.1) is 0 Å². The van der Waals surface area contributed by atoms with Crippen LogP contribution in [0.2, 0.25) is 0 Å². The Morgan fingerprint density at radius 2 is 2.04 bits per heavy atom. The van der Waals surface area contributed by atoms with E-state index < -0.39 is 12.1 Å². The van der Waals surface area contributed by atoms with E-state index in [4.69, 9.17) is 9.90 Å². The molecule has 2 aliphatic rings. The summed E-state index contributed by atoms with van der Waals surface area (Å²) in [6, 6.07) is 5.37. The molecule has 2 saturated heterocycles. The lowest BCUT2D eigenvalue weighted by molar-refractivity contribution is -0.192. The first kappa shape index (κ1) is 21.4. The lowest BCUT2D eigenvalue weighted by Crippen LogP contribution is -2.52. The smallest absolute Gasteiger partial charge is 0.475 e. The first-order chi connectivity index (χ1) is 12.6. The number of amides is 1. The van der Waals surface area contributed by atoms with Crippen molar-refractivity contribution in [1.82, 2.24) is 9.80 Å². The number of hydrogen-bond donors (Lipinski definition) is 1. The highest BCUT2D eigenvalue weighted by atomic mass is 32.1. The molecule has 0 saturated carbocycles. The van der Waals surface area contributed by atoms with Crippen molar-refractivity contribution in [3.63, 3.8) is 0 Å². The summed E-state index contributed by atoms with van der Waals surface area (Å²) >= 11 is 1.89. The van der Waals surface area contributed by atoms with Gasteiger partial charge in [-0.05, 0) is 31.9 Å². The molecule has 0 aliphatic carbocycles. The Labute approximate surface area is 160 Å². The van der Waals surface area contributed by atoms with Crippen LogP contribution in [0.5, 0.6) is 0 Å². The van der Waals surface area contributed by atoms with Crippen molar-refractivity contribution >= 4 is 23.2 Å². The maximum Gasteiger partial charge on any atom is 0.490 e. The number of halogens is 3. The number of carbonyl (C=O) groups is 2. The van der Waals surface area contributed by atoms with E-state index in [1.54, 1.807) is 0 Å². The number of carbonyl (C=O) groups excluding carboxylic acids is 1. The summed E-state index contributed by atoms with van der Waals surface area (Å²) in [5.41, 5.74) is 0. The third-order valence-corrected chi connectivity index (χ3v) is 5.71. The molecule has 0 spiro atoms. The van der Waals surface area contributed by atoms with Crippen LogP contribution in [0.3, 0.4) is 0 Å². The second-order valence-corrected chi connectivity index (χ2v) is 7.96. The molecule has 2 atom stereocenters. The van der Waals surface area contributed by atoms with Crippen LogP contribution in [0.1, 0.15) is 29.0 Å². The zero-order valence-electron chi connectivity index (χ0n) is 15.0. The zero-order valence-corrected chi connectivity index (χ0v) is 15.9. The van der Waals surface area contributed by atoms with Crippen LogP contribution in [0.15, 0.2) is 24.8 Å². The highest BCUT2D eigenvalue weighted by Gasteiger charge is 2.42. The van der Waals surface area contributed by atoms with Crippen molar-refractivity contribution in [1.29, 1.82) is 0 Å². The van der Waals surface area contributed by atoms with Crippen LogP contribution in [0.4, 0.5) is 13.2 Å². The largest absolute Gasteiger partial charge is 0.490 e. The van der Waals surface area contributed by atoms with E-state index in [0.717, 1.165) is 25.9 Å². The molecular formula is C18H23F3N2O3S. The van der Waals surface area contributed by atoms with Crippen LogP contribution >= 0.6 is 11.3 Å². The fraction of sp³-hybridized carbons (Fsp3) is 0.556. The molecule has 2 fully saturated rings. The first-order valence-corrected chi connectivity index (χ1v) is 9.45. The average molecular weight is 404 g/mol. The summed E-state index contributed by atoms with van der Waals surface area (Å²) < 4.78 is 31.7. The summed E-state index contributed by atoms with van der Waals surface area (Å²) in [6.07, 6.45) is -0.420. The molecule has 0 unspecified atom stereocenters.